The third-order valence-electron chi connectivity index (χ3n) is 14.2. The van der Waals surface area contributed by atoms with Crippen LogP contribution in [0.3, 0.4) is 0 Å². The van der Waals surface area contributed by atoms with E-state index in [0.29, 0.717) is 0 Å². The zero-order valence-corrected chi connectivity index (χ0v) is 36.2. The van der Waals surface area contributed by atoms with Crippen molar-refractivity contribution >= 4 is 28.0 Å². The summed E-state index contributed by atoms with van der Waals surface area (Å²) < 4.78 is 6.51. The lowest BCUT2D eigenvalue weighted by Gasteiger charge is -2.35. The molecule has 0 radical (unpaired) electrons. The van der Waals surface area contributed by atoms with Crippen LogP contribution < -0.4 is 4.90 Å². The van der Waals surface area contributed by atoms with Gasteiger partial charge in [-0.15, -0.1) is 0 Å². The molecule has 0 bridgehead atoms. The molecule has 0 saturated carbocycles. The Labute approximate surface area is 385 Å². The van der Waals surface area contributed by atoms with Gasteiger partial charge in [0.05, 0.1) is 10.8 Å². The molecule has 0 aliphatic heterocycles. The highest BCUT2D eigenvalue weighted by Crippen LogP contribution is 2.59. The van der Waals surface area contributed by atoms with E-state index in [9.17, 15) is 0 Å². The van der Waals surface area contributed by atoms with Crippen LogP contribution in [0.25, 0.3) is 44.5 Å². The average Bonchev–Trinajstić information content (AvgIpc) is 4.05. The van der Waals surface area contributed by atoms with E-state index in [4.69, 9.17) is 4.42 Å². The van der Waals surface area contributed by atoms with Crippen molar-refractivity contribution in [3.8, 4) is 33.6 Å². The summed E-state index contributed by atoms with van der Waals surface area (Å²) in [6.07, 6.45) is 0. The maximum Gasteiger partial charge on any atom is 0.135 e. The first kappa shape index (κ1) is 38.0. The lowest BCUT2D eigenvalue weighted by atomic mass is 9.67. The first-order valence-electron chi connectivity index (χ1n) is 22.8. The first-order valence-corrected chi connectivity index (χ1v) is 22.8. The minimum atomic E-state index is -0.545. The first-order chi connectivity index (χ1) is 32.7. The van der Waals surface area contributed by atoms with Crippen LogP contribution in [0.15, 0.2) is 265 Å². The van der Waals surface area contributed by atoms with Crippen molar-refractivity contribution < 1.29 is 4.42 Å². The fourth-order valence-corrected chi connectivity index (χ4v) is 11.5. The number of anilines is 3. The molecule has 0 N–H and O–H groups in total. The highest BCUT2D eigenvalue weighted by atomic mass is 16.3. The number of hydrogen-bond donors (Lipinski definition) is 0. The molecule has 0 spiro atoms. The molecule has 11 aromatic rings. The molecule has 0 fully saturated rings. The summed E-state index contributed by atoms with van der Waals surface area (Å²) in [5.74, 6) is 0.854. The molecule has 2 aliphatic carbocycles. The van der Waals surface area contributed by atoms with Crippen molar-refractivity contribution in [2.75, 3.05) is 4.90 Å². The van der Waals surface area contributed by atoms with E-state index in [2.05, 4.69) is 260 Å². The fraction of sp³-hybridized carbons (Fsp3) is 0.0312. The lowest BCUT2D eigenvalue weighted by Crippen LogP contribution is -2.28. The molecule has 13 rings (SSSR count). The highest BCUT2D eigenvalue weighted by molar-refractivity contribution is 5.94. The second kappa shape index (κ2) is 15.1. The molecule has 2 heteroatoms. The Morgan fingerprint density at radius 2 is 0.697 bits per heavy atom. The second-order valence-electron chi connectivity index (χ2n) is 17.5. The molecule has 0 atom stereocenters. The zero-order chi connectivity index (χ0) is 43.7. The van der Waals surface area contributed by atoms with Gasteiger partial charge in [-0.1, -0.05) is 212 Å². The molecular formula is C64H43NO. The minimum absolute atomic E-state index is 0.494. The van der Waals surface area contributed by atoms with Crippen LogP contribution >= 0.6 is 0 Å². The molecule has 66 heavy (non-hydrogen) atoms. The van der Waals surface area contributed by atoms with Gasteiger partial charge in [0.25, 0.3) is 0 Å². The summed E-state index contributed by atoms with van der Waals surface area (Å²) in [5.41, 5.74) is 19.2. The fourth-order valence-electron chi connectivity index (χ4n) is 11.5. The zero-order valence-electron chi connectivity index (χ0n) is 36.2. The van der Waals surface area contributed by atoms with Gasteiger partial charge in [-0.25, -0.2) is 0 Å². The van der Waals surface area contributed by atoms with Crippen molar-refractivity contribution in [3.05, 3.63) is 305 Å². The summed E-state index contributed by atoms with van der Waals surface area (Å²) in [6, 6.07) is 95.6. The molecule has 0 amide bonds. The summed E-state index contributed by atoms with van der Waals surface area (Å²) >= 11 is 0. The van der Waals surface area contributed by atoms with Crippen LogP contribution in [-0.2, 0) is 10.8 Å². The number of benzene rings is 10. The molecule has 1 heterocycles. The van der Waals surface area contributed by atoms with Gasteiger partial charge in [-0.05, 0) is 115 Å². The number of fused-ring (bicyclic) bond motifs is 7. The van der Waals surface area contributed by atoms with Gasteiger partial charge in [0.2, 0.25) is 0 Å². The van der Waals surface area contributed by atoms with E-state index >= 15 is 0 Å². The van der Waals surface area contributed by atoms with Gasteiger partial charge in [-0.3, -0.25) is 0 Å². The van der Waals surface area contributed by atoms with Gasteiger partial charge in [0, 0.05) is 28.0 Å². The maximum absolute atomic E-state index is 6.51. The van der Waals surface area contributed by atoms with Crippen LogP contribution in [0, 0.1) is 0 Å². The summed E-state index contributed by atoms with van der Waals surface area (Å²) in [7, 11) is 0. The van der Waals surface area contributed by atoms with Crippen molar-refractivity contribution in [3.63, 3.8) is 0 Å². The largest absolute Gasteiger partial charge is 0.456 e. The smallest absolute Gasteiger partial charge is 0.135 e. The van der Waals surface area contributed by atoms with E-state index in [1.165, 1.54) is 66.8 Å². The van der Waals surface area contributed by atoms with Crippen LogP contribution in [0.2, 0.25) is 0 Å². The van der Waals surface area contributed by atoms with Crippen molar-refractivity contribution in [2.24, 2.45) is 0 Å². The Morgan fingerprint density at radius 1 is 0.288 bits per heavy atom. The molecule has 0 unspecified atom stereocenters. The molecule has 2 aliphatic rings. The Bertz CT molecular complexity index is 3500. The Hall–Kier alpha value is -8.46. The van der Waals surface area contributed by atoms with E-state index in [1.807, 2.05) is 6.07 Å². The quantitative estimate of drug-likeness (QED) is 0.152. The van der Waals surface area contributed by atoms with Crippen molar-refractivity contribution in [1.82, 2.24) is 0 Å². The van der Waals surface area contributed by atoms with E-state index in [1.54, 1.807) is 0 Å². The number of hydrogen-bond acceptors (Lipinski definition) is 2. The van der Waals surface area contributed by atoms with Gasteiger partial charge in [0.15, 0.2) is 0 Å². The minimum Gasteiger partial charge on any atom is -0.456 e. The molecule has 1 aromatic heterocycles. The van der Waals surface area contributed by atoms with Gasteiger partial charge in [-0.2, -0.15) is 0 Å². The Balaban J connectivity index is 1.07. The van der Waals surface area contributed by atoms with E-state index < -0.39 is 10.8 Å². The van der Waals surface area contributed by atoms with E-state index in [-0.39, 0.29) is 0 Å². The monoisotopic (exact) mass is 841 g/mol. The average molecular weight is 842 g/mol. The van der Waals surface area contributed by atoms with Crippen LogP contribution in [-0.4, -0.2) is 0 Å². The third kappa shape index (κ3) is 5.55. The predicted octanol–water partition coefficient (Wildman–Crippen LogP) is 16.3. The molecule has 2 nitrogen and oxygen atoms in total. The molecule has 310 valence electrons. The van der Waals surface area contributed by atoms with Crippen molar-refractivity contribution in [1.29, 1.82) is 0 Å². The second-order valence-corrected chi connectivity index (χ2v) is 17.5. The van der Waals surface area contributed by atoms with Gasteiger partial charge >= 0.3 is 0 Å². The van der Waals surface area contributed by atoms with Gasteiger partial charge in [0.1, 0.15) is 11.3 Å². The Kier molecular flexibility index (Phi) is 8.69. The number of nitrogens with zero attached hydrogens (tertiary/aromatic N) is 1. The third-order valence-corrected chi connectivity index (χ3v) is 14.2. The lowest BCUT2D eigenvalue weighted by molar-refractivity contribution is 0.631. The molecule has 0 saturated heterocycles. The van der Waals surface area contributed by atoms with Crippen LogP contribution in [0.5, 0.6) is 0 Å². The highest BCUT2D eigenvalue weighted by Gasteiger charge is 2.48. The van der Waals surface area contributed by atoms with Crippen molar-refractivity contribution in [2.45, 2.75) is 10.8 Å². The maximum atomic E-state index is 6.51. The number of rotatable bonds is 8. The SMILES string of the molecule is c1ccc(-c2cc3cc(N(c4ccc5c(c4)-c4ccccc4C5(c4ccccc4)c4ccccc4)c4ccc5c(c4)C(c4ccccc4)(c4ccccc4)c4ccccc4-5)ccc3o2)cc1. The van der Waals surface area contributed by atoms with Gasteiger partial charge < -0.3 is 9.32 Å². The topological polar surface area (TPSA) is 16.4 Å². The molecular weight excluding hydrogens is 799 g/mol. The van der Waals surface area contributed by atoms with Crippen LogP contribution in [0.4, 0.5) is 17.1 Å². The number of furan rings is 1. The molecule has 10 aromatic carbocycles. The summed E-state index contributed by atoms with van der Waals surface area (Å²) in [6.45, 7) is 0. The standard InChI is InChI=1S/C64H43NO/c1-6-20-44(21-7-1)62-41-45-40-50(36-39-61(45)66-62)65(51-35-38-59-56(42-51)54-31-17-19-33-58(54)63(59,46-22-8-2-9-23-46)47-24-10-3-11-25-47)52-34-37-55-53-30-16-18-32-57(53)64(60(55)43-52,48-26-12-4-13-27-48)49-28-14-5-15-29-49/h1-43H. The van der Waals surface area contributed by atoms with Crippen LogP contribution in [0.1, 0.15) is 44.5 Å². The van der Waals surface area contributed by atoms with E-state index in [0.717, 1.165) is 39.4 Å². The summed E-state index contributed by atoms with van der Waals surface area (Å²) in [4.78, 5) is 2.45. The Morgan fingerprint density at radius 3 is 1.27 bits per heavy atom. The summed E-state index contributed by atoms with van der Waals surface area (Å²) in [5, 5.41) is 1.05. The predicted molar refractivity (Wildman–Crippen MR) is 271 cm³/mol. The normalized spacial score (nSPS) is 13.7.